The second kappa shape index (κ2) is 8.95. The molecule has 7 nitrogen and oxygen atoms in total. The van der Waals surface area contributed by atoms with Crippen molar-refractivity contribution in [2.75, 3.05) is 10.6 Å². The topological polar surface area (TPSA) is 97.2 Å². The first-order valence-electron chi connectivity index (χ1n) is 9.12. The van der Waals surface area contributed by atoms with Crippen LogP contribution < -0.4 is 10.6 Å². The molecule has 0 radical (unpaired) electrons. The van der Waals surface area contributed by atoms with Crippen LogP contribution in [0.15, 0.2) is 78.2 Å². The lowest BCUT2D eigenvalue weighted by Crippen LogP contribution is -2.11. The summed E-state index contributed by atoms with van der Waals surface area (Å²) in [6.07, 6.45) is 0. The van der Waals surface area contributed by atoms with E-state index in [4.69, 9.17) is 11.6 Å². The summed E-state index contributed by atoms with van der Waals surface area (Å²) >= 11 is 7.48. The number of halogens is 1. The van der Waals surface area contributed by atoms with Crippen LogP contribution in [0.5, 0.6) is 0 Å². The van der Waals surface area contributed by atoms with E-state index in [0.29, 0.717) is 10.7 Å². The van der Waals surface area contributed by atoms with Crippen LogP contribution in [0.25, 0.3) is 11.3 Å². The summed E-state index contributed by atoms with van der Waals surface area (Å²) in [6, 6.07) is 20.2. The zero-order valence-electron chi connectivity index (χ0n) is 15.9. The molecule has 0 bridgehead atoms. The van der Waals surface area contributed by atoms with Crippen molar-refractivity contribution in [2.24, 2.45) is 0 Å². The van der Waals surface area contributed by atoms with Crippen molar-refractivity contribution in [3.63, 3.8) is 0 Å². The summed E-state index contributed by atoms with van der Waals surface area (Å²) < 4.78 is 0. The number of carbonyl (C=O) groups excluding carboxylic acids is 1. The number of aromatic nitrogens is 1. The quantitative estimate of drug-likeness (QED) is 0.263. The second-order valence-corrected chi connectivity index (χ2v) is 7.81. The minimum Gasteiger partial charge on any atom is -0.331 e. The third-order valence-corrected chi connectivity index (χ3v) is 5.33. The first-order valence-corrected chi connectivity index (χ1v) is 10.4. The highest BCUT2D eigenvalue weighted by atomic mass is 35.5. The van der Waals surface area contributed by atoms with Gasteiger partial charge >= 0.3 is 0 Å². The summed E-state index contributed by atoms with van der Waals surface area (Å²) in [5, 5.41) is 20.2. The molecular weight excluding hydrogens is 436 g/mol. The number of non-ortho nitro benzene ring substituents is 1. The minimum absolute atomic E-state index is 0.131. The van der Waals surface area contributed by atoms with Gasteiger partial charge < -0.3 is 10.6 Å². The third-order valence-electron chi connectivity index (χ3n) is 4.34. The summed E-state index contributed by atoms with van der Waals surface area (Å²) in [6.45, 7) is 0. The number of benzene rings is 3. The lowest BCUT2D eigenvalue weighted by atomic mass is 10.1. The molecule has 4 rings (SSSR count). The van der Waals surface area contributed by atoms with Crippen molar-refractivity contribution < 1.29 is 9.72 Å². The molecule has 154 valence electrons. The van der Waals surface area contributed by atoms with Crippen LogP contribution in [-0.4, -0.2) is 15.8 Å². The lowest BCUT2D eigenvalue weighted by Gasteiger charge is -2.06. The standard InChI is InChI=1S/C22H15ClN4O3S/c23-16-4-2-5-18(12-16)25-22-26-20(13-31-22)14-7-9-17(10-8-14)24-21(28)15-3-1-6-19(11-15)27(29)30/h1-13H,(H,24,28)(H,25,26). The minimum atomic E-state index is -0.533. The lowest BCUT2D eigenvalue weighted by molar-refractivity contribution is -0.384. The number of amides is 1. The first-order chi connectivity index (χ1) is 15.0. The number of anilines is 3. The molecule has 1 amide bonds. The highest BCUT2D eigenvalue weighted by Gasteiger charge is 2.12. The molecule has 0 atom stereocenters. The van der Waals surface area contributed by atoms with E-state index >= 15 is 0 Å². The molecule has 0 aliphatic carbocycles. The van der Waals surface area contributed by atoms with Crippen LogP contribution >= 0.6 is 22.9 Å². The van der Waals surface area contributed by atoms with Crippen molar-refractivity contribution in [3.8, 4) is 11.3 Å². The SMILES string of the molecule is O=C(Nc1ccc(-c2csc(Nc3cccc(Cl)c3)n2)cc1)c1cccc([N+](=O)[O-])c1. The zero-order chi connectivity index (χ0) is 21.8. The van der Waals surface area contributed by atoms with E-state index in [1.807, 2.05) is 35.7 Å². The number of carbonyl (C=O) groups is 1. The number of hydrogen-bond donors (Lipinski definition) is 2. The number of nitro groups is 1. The van der Waals surface area contributed by atoms with E-state index in [1.165, 1.54) is 35.6 Å². The van der Waals surface area contributed by atoms with Gasteiger partial charge in [0.05, 0.1) is 10.6 Å². The Hall–Kier alpha value is -3.75. The highest BCUT2D eigenvalue weighted by molar-refractivity contribution is 7.14. The van der Waals surface area contributed by atoms with Gasteiger partial charge in [0.15, 0.2) is 5.13 Å². The molecule has 1 aromatic heterocycles. The Bertz CT molecular complexity index is 1260. The Labute approximate surface area is 186 Å². The molecule has 0 spiro atoms. The summed E-state index contributed by atoms with van der Waals surface area (Å²) in [5.74, 6) is -0.418. The predicted octanol–water partition coefficient (Wildman–Crippen LogP) is 6.37. The van der Waals surface area contributed by atoms with E-state index < -0.39 is 10.8 Å². The Morgan fingerprint density at radius 3 is 2.52 bits per heavy atom. The average molecular weight is 451 g/mol. The molecule has 9 heteroatoms. The number of nitrogens with zero attached hydrogens (tertiary/aromatic N) is 2. The van der Waals surface area contributed by atoms with Crippen molar-refractivity contribution in [1.82, 2.24) is 4.98 Å². The van der Waals surface area contributed by atoms with E-state index in [1.54, 1.807) is 18.2 Å². The first kappa shape index (κ1) is 20.5. The van der Waals surface area contributed by atoms with Gasteiger partial charge in [-0.15, -0.1) is 11.3 Å². The van der Waals surface area contributed by atoms with Crippen LogP contribution in [0.2, 0.25) is 5.02 Å². The summed E-state index contributed by atoms with van der Waals surface area (Å²) in [4.78, 5) is 27.3. The van der Waals surface area contributed by atoms with E-state index in [0.717, 1.165) is 22.1 Å². The molecule has 1 heterocycles. The number of nitro benzene ring substituents is 1. The Morgan fingerprint density at radius 2 is 1.77 bits per heavy atom. The van der Waals surface area contributed by atoms with Gasteiger partial charge in [0.1, 0.15) is 0 Å². The van der Waals surface area contributed by atoms with E-state index in [2.05, 4.69) is 15.6 Å². The fourth-order valence-electron chi connectivity index (χ4n) is 2.84. The smallest absolute Gasteiger partial charge is 0.270 e. The molecule has 0 aliphatic heterocycles. The summed E-state index contributed by atoms with van der Waals surface area (Å²) in [5.41, 5.74) is 3.21. The van der Waals surface area contributed by atoms with Gasteiger partial charge in [0.25, 0.3) is 11.6 Å². The number of hydrogen-bond acceptors (Lipinski definition) is 6. The van der Waals surface area contributed by atoms with Crippen molar-refractivity contribution in [3.05, 3.63) is 98.9 Å². The van der Waals surface area contributed by atoms with Gasteiger partial charge in [-0.3, -0.25) is 14.9 Å². The maximum atomic E-state index is 12.4. The van der Waals surface area contributed by atoms with Gasteiger partial charge in [-0.05, 0) is 36.4 Å². The van der Waals surface area contributed by atoms with Crippen molar-refractivity contribution in [2.45, 2.75) is 0 Å². The largest absolute Gasteiger partial charge is 0.331 e. The van der Waals surface area contributed by atoms with E-state index in [9.17, 15) is 14.9 Å². The van der Waals surface area contributed by atoms with Crippen molar-refractivity contribution in [1.29, 1.82) is 0 Å². The number of rotatable bonds is 6. The molecule has 0 saturated carbocycles. The average Bonchev–Trinajstić information content (AvgIpc) is 3.23. The zero-order valence-corrected chi connectivity index (χ0v) is 17.5. The molecule has 0 fully saturated rings. The molecular formula is C22H15ClN4O3S. The fourth-order valence-corrected chi connectivity index (χ4v) is 3.77. The molecule has 0 saturated heterocycles. The normalized spacial score (nSPS) is 10.5. The third kappa shape index (κ3) is 5.06. The molecule has 4 aromatic rings. The Morgan fingerprint density at radius 1 is 1.00 bits per heavy atom. The maximum Gasteiger partial charge on any atom is 0.270 e. The monoisotopic (exact) mass is 450 g/mol. The maximum absolute atomic E-state index is 12.4. The van der Waals surface area contributed by atoms with Crippen LogP contribution in [0.1, 0.15) is 10.4 Å². The molecule has 0 unspecified atom stereocenters. The summed E-state index contributed by atoms with van der Waals surface area (Å²) in [7, 11) is 0. The van der Waals surface area contributed by atoms with Crippen LogP contribution in [0.3, 0.4) is 0 Å². The Kier molecular flexibility index (Phi) is 5.92. The predicted molar refractivity (Wildman–Crippen MR) is 123 cm³/mol. The van der Waals surface area contributed by atoms with Gasteiger partial charge in [-0.25, -0.2) is 4.98 Å². The fraction of sp³-hybridized carbons (Fsp3) is 0. The van der Waals surface area contributed by atoms with Crippen LogP contribution in [-0.2, 0) is 0 Å². The molecule has 0 aliphatic rings. The molecule has 2 N–H and O–H groups in total. The highest BCUT2D eigenvalue weighted by Crippen LogP contribution is 2.28. The van der Waals surface area contributed by atoms with E-state index in [-0.39, 0.29) is 11.3 Å². The Balaban J connectivity index is 1.44. The second-order valence-electron chi connectivity index (χ2n) is 6.51. The van der Waals surface area contributed by atoms with Crippen LogP contribution in [0.4, 0.5) is 22.2 Å². The van der Waals surface area contributed by atoms with Gasteiger partial charge in [-0.1, -0.05) is 35.9 Å². The molecule has 3 aromatic carbocycles. The molecule has 31 heavy (non-hydrogen) atoms. The number of thiazole rings is 1. The van der Waals surface area contributed by atoms with Gasteiger partial charge in [0.2, 0.25) is 0 Å². The number of nitrogens with one attached hydrogen (secondary N) is 2. The van der Waals surface area contributed by atoms with Crippen LogP contribution in [0, 0.1) is 10.1 Å². The van der Waals surface area contributed by atoms with Gasteiger partial charge in [-0.2, -0.15) is 0 Å². The van der Waals surface area contributed by atoms with Crippen molar-refractivity contribution >= 4 is 51.0 Å². The van der Waals surface area contributed by atoms with Gasteiger partial charge in [0, 0.05) is 45.0 Å².